The molecule has 1 aliphatic heterocycles. The van der Waals surface area contributed by atoms with Gasteiger partial charge in [0.1, 0.15) is 5.75 Å². The number of hydrogen-bond donors (Lipinski definition) is 3. The zero-order valence-corrected chi connectivity index (χ0v) is 12.1. The molecule has 1 amide bonds. The molecule has 1 saturated carbocycles. The molecule has 3 rings (SSSR count). The highest BCUT2D eigenvalue weighted by Crippen LogP contribution is 2.31. The average molecular weight is 290 g/mol. The van der Waals surface area contributed by atoms with Crippen LogP contribution < -0.4 is 15.4 Å². The van der Waals surface area contributed by atoms with Crippen LogP contribution in [-0.2, 0) is 4.79 Å². The van der Waals surface area contributed by atoms with Crippen LogP contribution in [0.3, 0.4) is 0 Å². The number of anilines is 1. The Morgan fingerprint density at radius 3 is 3.00 bits per heavy atom. The zero-order valence-electron chi connectivity index (χ0n) is 12.1. The Bertz CT molecular complexity index is 512. The predicted molar refractivity (Wildman–Crippen MR) is 80.4 cm³/mol. The molecule has 114 valence electrons. The van der Waals surface area contributed by atoms with Gasteiger partial charge in [0, 0.05) is 6.04 Å². The lowest BCUT2D eigenvalue weighted by atomic mass is 10.0. The maximum atomic E-state index is 11.3. The van der Waals surface area contributed by atoms with E-state index in [0.717, 1.165) is 12.1 Å². The first-order valence-electron chi connectivity index (χ1n) is 7.70. The van der Waals surface area contributed by atoms with Crippen LogP contribution in [0.1, 0.15) is 43.8 Å². The molecule has 0 saturated heterocycles. The van der Waals surface area contributed by atoms with E-state index in [-0.39, 0.29) is 12.5 Å². The van der Waals surface area contributed by atoms with Crippen molar-refractivity contribution >= 4 is 11.6 Å². The van der Waals surface area contributed by atoms with Gasteiger partial charge in [0.05, 0.1) is 11.8 Å². The van der Waals surface area contributed by atoms with E-state index in [1.54, 1.807) is 12.1 Å². The molecule has 2 aliphatic rings. The van der Waals surface area contributed by atoms with Crippen molar-refractivity contribution in [1.29, 1.82) is 0 Å². The molecular formula is C16H22N2O3. The predicted octanol–water partition coefficient (Wildman–Crippen LogP) is 1.97. The Labute approximate surface area is 124 Å². The summed E-state index contributed by atoms with van der Waals surface area (Å²) in [6.45, 7) is 0.867. The fourth-order valence-electron chi connectivity index (χ4n) is 3.03. The third-order valence-corrected chi connectivity index (χ3v) is 4.23. The zero-order chi connectivity index (χ0) is 14.7. The first-order valence-corrected chi connectivity index (χ1v) is 7.70. The van der Waals surface area contributed by atoms with Crippen molar-refractivity contribution < 1.29 is 14.6 Å². The molecule has 1 aliphatic carbocycles. The second-order valence-corrected chi connectivity index (χ2v) is 5.83. The van der Waals surface area contributed by atoms with E-state index >= 15 is 0 Å². The average Bonchev–Trinajstić information content (AvgIpc) is 2.99. The number of aliphatic hydroxyl groups is 1. The highest BCUT2D eigenvalue weighted by atomic mass is 16.5. The Balaban J connectivity index is 1.55. The van der Waals surface area contributed by atoms with Crippen molar-refractivity contribution in [3.05, 3.63) is 23.8 Å². The van der Waals surface area contributed by atoms with Gasteiger partial charge in [-0.05, 0) is 43.5 Å². The van der Waals surface area contributed by atoms with Gasteiger partial charge in [-0.2, -0.15) is 0 Å². The minimum absolute atomic E-state index is 0.0558. The summed E-state index contributed by atoms with van der Waals surface area (Å²) in [6.07, 6.45) is 5.26. The molecule has 1 fully saturated rings. The van der Waals surface area contributed by atoms with Gasteiger partial charge >= 0.3 is 0 Å². The topological polar surface area (TPSA) is 70.6 Å². The molecule has 1 atom stereocenters. The Morgan fingerprint density at radius 1 is 1.38 bits per heavy atom. The lowest BCUT2D eigenvalue weighted by Crippen LogP contribution is -2.28. The first-order chi connectivity index (χ1) is 10.2. The van der Waals surface area contributed by atoms with E-state index in [2.05, 4.69) is 10.6 Å². The van der Waals surface area contributed by atoms with E-state index in [1.165, 1.54) is 25.7 Å². The van der Waals surface area contributed by atoms with Gasteiger partial charge in [-0.25, -0.2) is 0 Å². The smallest absolute Gasteiger partial charge is 0.262 e. The van der Waals surface area contributed by atoms with Gasteiger partial charge in [0.2, 0.25) is 0 Å². The number of hydrogen-bond acceptors (Lipinski definition) is 4. The number of ether oxygens (including phenoxy) is 1. The van der Waals surface area contributed by atoms with Crippen molar-refractivity contribution in [2.24, 2.45) is 0 Å². The van der Waals surface area contributed by atoms with Crippen LogP contribution in [-0.4, -0.2) is 30.2 Å². The first kappa shape index (κ1) is 14.4. The van der Waals surface area contributed by atoms with E-state index in [1.807, 2.05) is 6.07 Å². The van der Waals surface area contributed by atoms with Crippen molar-refractivity contribution in [2.45, 2.75) is 44.2 Å². The molecule has 1 unspecified atom stereocenters. The summed E-state index contributed by atoms with van der Waals surface area (Å²) in [5, 5.41) is 16.5. The maximum Gasteiger partial charge on any atom is 0.262 e. The number of aliphatic hydroxyl groups excluding tert-OH is 1. The lowest BCUT2D eigenvalue weighted by Gasteiger charge is -2.20. The Hall–Kier alpha value is -1.59. The molecule has 3 N–H and O–H groups in total. The molecule has 1 heterocycles. The van der Waals surface area contributed by atoms with Crippen LogP contribution in [0.15, 0.2) is 18.2 Å². The normalized spacial score (nSPS) is 19.8. The number of amides is 1. The summed E-state index contributed by atoms with van der Waals surface area (Å²) >= 11 is 0. The van der Waals surface area contributed by atoms with Crippen molar-refractivity contribution in [1.82, 2.24) is 5.32 Å². The molecule has 0 radical (unpaired) electrons. The largest absolute Gasteiger partial charge is 0.482 e. The summed E-state index contributed by atoms with van der Waals surface area (Å²) in [4.78, 5) is 11.3. The van der Waals surface area contributed by atoms with Crippen LogP contribution in [0.4, 0.5) is 5.69 Å². The van der Waals surface area contributed by atoms with E-state index in [9.17, 15) is 9.90 Å². The van der Waals surface area contributed by atoms with Gasteiger partial charge in [0.25, 0.3) is 5.91 Å². The Kier molecular flexibility index (Phi) is 4.41. The fourth-order valence-corrected chi connectivity index (χ4v) is 3.03. The number of rotatable bonds is 5. The molecule has 1 aromatic carbocycles. The molecule has 5 nitrogen and oxygen atoms in total. The highest BCUT2D eigenvalue weighted by Gasteiger charge is 2.19. The number of carbonyl (C=O) groups is 1. The van der Waals surface area contributed by atoms with Crippen molar-refractivity contribution in [3.63, 3.8) is 0 Å². The van der Waals surface area contributed by atoms with E-state index in [4.69, 9.17) is 4.74 Å². The summed E-state index contributed by atoms with van der Waals surface area (Å²) in [5.74, 6) is 0.506. The minimum Gasteiger partial charge on any atom is -0.482 e. The SMILES string of the molecule is O=C1COc2ccc(C(O)CCNC3CCCC3)cc2N1. The minimum atomic E-state index is -0.525. The highest BCUT2D eigenvalue weighted by molar-refractivity contribution is 5.95. The van der Waals surface area contributed by atoms with Crippen LogP contribution in [0.5, 0.6) is 5.75 Å². The monoisotopic (exact) mass is 290 g/mol. The summed E-state index contributed by atoms with van der Waals surface area (Å²) < 4.78 is 5.31. The van der Waals surface area contributed by atoms with Gasteiger partial charge in [0.15, 0.2) is 6.61 Å². The van der Waals surface area contributed by atoms with Gasteiger partial charge in [-0.3, -0.25) is 4.79 Å². The second-order valence-electron chi connectivity index (χ2n) is 5.83. The van der Waals surface area contributed by atoms with E-state index in [0.29, 0.717) is 23.9 Å². The van der Waals surface area contributed by atoms with Crippen molar-refractivity contribution in [3.8, 4) is 5.75 Å². The molecule has 21 heavy (non-hydrogen) atoms. The van der Waals surface area contributed by atoms with Crippen LogP contribution in [0.2, 0.25) is 0 Å². The summed E-state index contributed by atoms with van der Waals surface area (Å²) in [5.41, 5.74) is 1.46. The van der Waals surface area contributed by atoms with Crippen LogP contribution in [0, 0.1) is 0 Å². The van der Waals surface area contributed by atoms with Crippen molar-refractivity contribution in [2.75, 3.05) is 18.5 Å². The quantitative estimate of drug-likeness (QED) is 0.775. The number of benzene rings is 1. The maximum absolute atomic E-state index is 11.3. The Morgan fingerprint density at radius 2 is 2.19 bits per heavy atom. The number of carbonyl (C=O) groups excluding carboxylic acids is 1. The standard InChI is InChI=1S/C16H22N2O3/c19-14(7-8-17-12-3-1-2-4-12)11-5-6-15-13(9-11)18-16(20)10-21-15/h5-6,9,12,14,17,19H,1-4,7-8,10H2,(H,18,20). The number of nitrogens with one attached hydrogen (secondary N) is 2. The molecule has 1 aromatic rings. The molecule has 0 spiro atoms. The van der Waals surface area contributed by atoms with Gasteiger partial charge in [-0.15, -0.1) is 0 Å². The van der Waals surface area contributed by atoms with Gasteiger partial charge in [-0.1, -0.05) is 18.9 Å². The van der Waals surface area contributed by atoms with Crippen LogP contribution >= 0.6 is 0 Å². The van der Waals surface area contributed by atoms with E-state index < -0.39 is 6.10 Å². The summed E-state index contributed by atoms with van der Waals surface area (Å²) in [7, 11) is 0. The van der Waals surface area contributed by atoms with Gasteiger partial charge < -0.3 is 20.5 Å². The second kappa shape index (κ2) is 6.45. The third-order valence-electron chi connectivity index (χ3n) is 4.23. The fraction of sp³-hybridized carbons (Fsp3) is 0.562. The molecular weight excluding hydrogens is 268 g/mol. The van der Waals surface area contributed by atoms with Crippen LogP contribution in [0.25, 0.3) is 0 Å². The lowest BCUT2D eigenvalue weighted by molar-refractivity contribution is -0.118. The molecule has 0 aromatic heterocycles. The molecule has 0 bridgehead atoms. The third kappa shape index (κ3) is 3.54. The summed E-state index contributed by atoms with van der Waals surface area (Å²) in [6, 6.07) is 6.08. The number of fused-ring (bicyclic) bond motifs is 1. The molecule has 5 heteroatoms.